The van der Waals surface area contributed by atoms with E-state index in [9.17, 15) is 22.8 Å². The summed E-state index contributed by atoms with van der Waals surface area (Å²) in [7, 11) is 0. The quantitative estimate of drug-likeness (QED) is 0.664. The third-order valence-electron chi connectivity index (χ3n) is 6.90. The maximum atomic E-state index is 14.0. The molecule has 3 aliphatic rings. The van der Waals surface area contributed by atoms with E-state index in [0.29, 0.717) is 45.2 Å². The van der Waals surface area contributed by atoms with Gasteiger partial charge in [-0.3, -0.25) is 4.79 Å². The second-order valence-electron chi connectivity index (χ2n) is 8.90. The Morgan fingerprint density at radius 3 is 2.34 bits per heavy atom. The van der Waals surface area contributed by atoms with Gasteiger partial charge in [0.05, 0.1) is 19.8 Å². The molecule has 4 atom stereocenters. The van der Waals surface area contributed by atoms with Gasteiger partial charge in [0.15, 0.2) is 11.6 Å². The number of carbonyl (C=O) groups is 2. The lowest BCUT2D eigenvalue weighted by Crippen LogP contribution is -2.54. The number of nitrogens with zero attached hydrogens (tertiary/aromatic N) is 2. The third kappa shape index (κ3) is 4.85. The van der Waals surface area contributed by atoms with Crippen LogP contribution in [0.5, 0.6) is 0 Å². The molecule has 1 aromatic carbocycles. The summed E-state index contributed by atoms with van der Waals surface area (Å²) in [6, 6.07) is 0.776. The van der Waals surface area contributed by atoms with Gasteiger partial charge in [-0.25, -0.2) is 18.0 Å². The van der Waals surface area contributed by atoms with Gasteiger partial charge in [0.1, 0.15) is 5.82 Å². The molecule has 0 saturated carbocycles. The van der Waals surface area contributed by atoms with Crippen LogP contribution in [-0.2, 0) is 16.0 Å². The van der Waals surface area contributed by atoms with Gasteiger partial charge in [0.25, 0.3) is 0 Å². The summed E-state index contributed by atoms with van der Waals surface area (Å²) in [5, 5.41) is 2.71. The SMILES string of the molecule is N[C@H](Cc1cc(F)c(F)cc1F)C1C[C@H]2CC[C@@H](C1)N2C(=O)CNC(=O)N1CCOCC1. The van der Waals surface area contributed by atoms with Crippen LogP contribution < -0.4 is 11.1 Å². The van der Waals surface area contributed by atoms with Crippen LogP contribution in [0.1, 0.15) is 31.2 Å². The molecule has 176 valence electrons. The molecule has 3 N–H and O–H groups in total. The topological polar surface area (TPSA) is 87.9 Å². The number of fused-ring (bicyclic) bond motifs is 2. The van der Waals surface area contributed by atoms with Gasteiger partial charge in [-0.2, -0.15) is 0 Å². The van der Waals surface area contributed by atoms with Crippen molar-refractivity contribution in [3.05, 3.63) is 35.1 Å². The van der Waals surface area contributed by atoms with E-state index in [2.05, 4.69) is 5.32 Å². The van der Waals surface area contributed by atoms with Gasteiger partial charge >= 0.3 is 6.03 Å². The summed E-state index contributed by atoms with van der Waals surface area (Å²) >= 11 is 0. The fourth-order valence-electron chi connectivity index (χ4n) is 5.24. The Labute approximate surface area is 185 Å². The second kappa shape index (κ2) is 9.66. The van der Waals surface area contributed by atoms with Crippen LogP contribution in [0.15, 0.2) is 12.1 Å². The zero-order chi connectivity index (χ0) is 22.8. The Balaban J connectivity index is 1.31. The largest absolute Gasteiger partial charge is 0.378 e. The number of benzene rings is 1. The van der Waals surface area contributed by atoms with Gasteiger partial charge in [-0.15, -0.1) is 0 Å². The van der Waals surface area contributed by atoms with Gasteiger partial charge < -0.3 is 25.6 Å². The summed E-state index contributed by atoms with van der Waals surface area (Å²) < 4.78 is 45.9. The van der Waals surface area contributed by atoms with Crippen LogP contribution in [0.3, 0.4) is 0 Å². The maximum absolute atomic E-state index is 14.0. The number of halogens is 3. The van der Waals surface area contributed by atoms with E-state index in [-0.39, 0.29) is 48.5 Å². The normalized spacial score (nSPS) is 26.2. The highest BCUT2D eigenvalue weighted by molar-refractivity contribution is 5.84. The molecule has 4 rings (SSSR count). The molecule has 2 bridgehead atoms. The number of ether oxygens (including phenoxy) is 1. The number of hydrogen-bond donors (Lipinski definition) is 2. The molecule has 7 nitrogen and oxygen atoms in total. The number of rotatable bonds is 5. The Kier molecular flexibility index (Phi) is 6.90. The molecular formula is C22H29F3N4O3. The fourth-order valence-corrected chi connectivity index (χ4v) is 5.24. The molecule has 32 heavy (non-hydrogen) atoms. The van der Waals surface area contributed by atoms with E-state index < -0.39 is 23.5 Å². The summed E-state index contributed by atoms with van der Waals surface area (Å²) in [4.78, 5) is 28.6. The van der Waals surface area contributed by atoms with E-state index in [1.54, 1.807) is 4.90 Å². The average molecular weight is 454 g/mol. The minimum Gasteiger partial charge on any atom is -0.378 e. The number of amides is 3. The highest BCUT2D eigenvalue weighted by Crippen LogP contribution is 2.40. The fraction of sp³-hybridized carbons (Fsp3) is 0.636. The molecule has 0 aromatic heterocycles. The molecule has 3 aliphatic heterocycles. The number of piperidine rings is 1. The van der Waals surface area contributed by atoms with Crippen LogP contribution in [0, 0.1) is 23.4 Å². The van der Waals surface area contributed by atoms with Crippen LogP contribution in [-0.4, -0.2) is 72.7 Å². The van der Waals surface area contributed by atoms with Crippen molar-refractivity contribution in [3.8, 4) is 0 Å². The monoisotopic (exact) mass is 454 g/mol. The number of morpholine rings is 1. The van der Waals surface area contributed by atoms with Gasteiger partial charge in [-0.05, 0) is 49.7 Å². The molecule has 10 heteroatoms. The first-order chi connectivity index (χ1) is 15.3. The Bertz CT molecular complexity index is 851. The molecule has 0 spiro atoms. The van der Waals surface area contributed by atoms with Crippen molar-refractivity contribution in [1.29, 1.82) is 0 Å². The molecule has 1 aromatic rings. The van der Waals surface area contributed by atoms with Gasteiger partial charge in [0.2, 0.25) is 5.91 Å². The Hall–Kier alpha value is -2.33. The summed E-state index contributed by atoms with van der Waals surface area (Å²) in [6.07, 6.45) is 3.17. The maximum Gasteiger partial charge on any atom is 0.317 e. The lowest BCUT2D eigenvalue weighted by Gasteiger charge is -2.41. The van der Waals surface area contributed by atoms with Crippen molar-refractivity contribution in [2.24, 2.45) is 11.7 Å². The summed E-state index contributed by atoms with van der Waals surface area (Å²) in [5.41, 5.74) is 6.40. The molecule has 3 amide bonds. The van der Waals surface area contributed by atoms with Gasteiger partial charge in [0, 0.05) is 37.3 Å². The smallest absolute Gasteiger partial charge is 0.317 e. The van der Waals surface area contributed by atoms with Crippen LogP contribution in [0.4, 0.5) is 18.0 Å². The highest BCUT2D eigenvalue weighted by atomic mass is 19.2. The minimum atomic E-state index is -1.22. The molecule has 0 aliphatic carbocycles. The first kappa shape index (κ1) is 22.8. The van der Waals surface area contributed by atoms with Crippen molar-refractivity contribution < 1.29 is 27.5 Å². The third-order valence-corrected chi connectivity index (χ3v) is 6.90. The predicted molar refractivity (Wildman–Crippen MR) is 110 cm³/mol. The van der Waals surface area contributed by atoms with Gasteiger partial charge in [-0.1, -0.05) is 0 Å². The van der Waals surface area contributed by atoms with E-state index in [1.807, 2.05) is 4.90 Å². The van der Waals surface area contributed by atoms with Crippen molar-refractivity contribution in [1.82, 2.24) is 15.1 Å². The van der Waals surface area contributed by atoms with Crippen LogP contribution >= 0.6 is 0 Å². The highest BCUT2D eigenvalue weighted by Gasteiger charge is 2.44. The second-order valence-corrected chi connectivity index (χ2v) is 8.90. The van der Waals surface area contributed by atoms with Crippen molar-refractivity contribution >= 4 is 11.9 Å². The van der Waals surface area contributed by atoms with E-state index >= 15 is 0 Å². The molecular weight excluding hydrogens is 425 g/mol. The van der Waals surface area contributed by atoms with Crippen molar-refractivity contribution in [2.75, 3.05) is 32.8 Å². The summed E-state index contributed by atoms with van der Waals surface area (Å²) in [5.74, 6) is -3.17. The van der Waals surface area contributed by atoms with Crippen LogP contribution in [0.2, 0.25) is 0 Å². The lowest BCUT2D eigenvalue weighted by atomic mass is 9.82. The van der Waals surface area contributed by atoms with Crippen LogP contribution in [0.25, 0.3) is 0 Å². The zero-order valence-electron chi connectivity index (χ0n) is 17.9. The first-order valence-electron chi connectivity index (χ1n) is 11.1. The van der Waals surface area contributed by atoms with Crippen molar-refractivity contribution in [2.45, 2.75) is 50.2 Å². The predicted octanol–water partition coefficient (Wildman–Crippen LogP) is 1.79. The number of hydrogen-bond acceptors (Lipinski definition) is 4. The summed E-state index contributed by atoms with van der Waals surface area (Å²) in [6.45, 7) is 1.95. The molecule has 3 heterocycles. The van der Waals surface area contributed by atoms with E-state index in [4.69, 9.17) is 10.5 Å². The number of nitrogens with two attached hydrogens (primary N) is 1. The Morgan fingerprint density at radius 1 is 1.06 bits per heavy atom. The Morgan fingerprint density at radius 2 is 1.69 bits per heavy atom. The number of urea groups is 1. The average Bonchev–Trinajstić information content (AvgIpc) is 3.05. The van der Waals surface area contributed by atoms with E-state index in [1.165, 1.54) is 0 Å². The first-order valence-corrected chi connectivity index (χ1v) is 11.1. The van der Waals surface area contributed by atoms with E-state index in [0.717, 1.165) is 18.9 Å². The number of carbonyl (C=O) groups excluding carboxylic acids is 2. The molecule has 3 fully saturated rings. The molecule has 1 unspecified atom stereocenters. The lowest BCUT2D eigenvalue weighted by molar-refractivity contribution is -0.135. The zero-order valence-corrected chi connectivity index (χ0v) is 17.9. The molecule has 0 radical (unpaired) electrons. The molecule has 3 saturated heterocycles. The van der Waals surface area contributed by atoms with Crippen molar-refractivity contribution in [3.63, 3.8) is 0 Å². The standard InChI is InChI=1S/C22H29F3N4O3/c23-17-11-19(25)18(24)9-13(17)10-20(26)14-7-15-1-2-16(8-14)29(15)21(30)12-27-22(31)28-3-5-32-6-4-28/h9,11,14-16,20H,1-8,10,12,26H2,(H,27,31)/t14?,15-,16+,20-/m1/s1. The minimum absolute atomic E-state index is 0.0207. The number of nitrogens with one attached hydrogen (secondary N) is 1.